The minimum atomic E-state index is -2.19. The van der Waals surface area contributed by atoms with Gasteiger partial charge in [-0.15, -0.1) is 0 Å². The highest BCUT2D eigenvalue weighted by molar-refractivity contribution is 7.63. The van der Waals surface area contributed by atoms with E-state index < -0.39 is 7.14 Å². The normalized spacial score (nSPS) is 16.9. The lowest BCUT2D eigenvalue weighted by Gasteiger charge is -2.26. The molecule has 1 atom stereocenters. The van der Waals surface area contributed by atoms with Crippen molar-refractivity contribution >= 4 is 7.14 Å². The lowest BCUT2D eigenvalue weighted by molar-refractivity contribution is -0.678. The number of nitrogens with zero attached hydrogens (tertiary/aromatic N) is 2. The van der Waals surface area contributed by atoms with E-state index in [-0.39, 0.29) is 10.7 Å². The van der Waals surface area contributed by atoms with Gasteiger partial charge in [0.05, 0.1) is 0 Å². The Labute approximate surface area is 105 Å². The number of aromatic nitrogens is 2. The zero-order valence-corrected chi connectivity index (χ0v) is 13.1. The third kappa shape index (κ3) is 3.45. The van der Waals surface area contributed by atoms with Crippen LogP contribution >= 0.6 is 7.14 Å². The SMILES string of the molecule is CC(C)(C)n1cc[n+](C[P@@](C)(=O)C(C)(C)C)c1. The summed E-state index contributed by atoms with van der Waals surface area (Å²) in [5.41, 5.74) is 0.0741. The predicted octanol–water partition coefficient (Wildman–Crippen LogP) is 3.28. The highest BCUT2D eigenvalue weighted by atomic mass is 31.2. The summed E-state index contributed by atoms with van der Waals surface area (Å²) in [6, 6.07) is 0. The van der Waals surface area contributed by atoms with Crippen molar-refractivity contribution in [2.75, 3.05) is 6.66 Å². The van der Waals surface area contributed by atoms with Gasteiger partial charge in [-0.25, -0.2) is 9.13 Å². The number of imidazole rings is 1. The number of hydrogen-bond acceptors (Lipinski definition) is 1. The van der Waals surface area contributed by atoms with E-state index in [4.69, 9.17) is 0 Å². The van der Waals surface area contributed by atoms with Gasteiger partial charge in [0.25, 0.3) is 0 Å². The highest BCUT2D eigenvalue weighted by Crippen LogP contribution is 2.54. The van der Waals surface area contributed by atoms with Crippen LogP contribution in [0.25, 0.3) is 0 Å². The van der Waals surface area contributed by atoms with Crippen LogP contribution in [0.3, 0.4) is 0 Å². The average Bonchev–Trinajstić information content (AvgIpc) is 2.48. The molecule has 1 aromatic rings. The summed E-state index contributed by atoms with van der Waals surface area (Å²) in [5, 5.41) is -0.135. The van der Waals surface area contributed by atoms with Gasteiger partial charge < -0.3 is 4.57 Å². The Kier molecular flexibility index (Phi) is 3.65. The fourth-order valence-corrected chi connectivity index (χ4v) is 2.61. The molecule has 0 N–H and O–H groups in total. The molecule has 0 saturated carbocycles. The number of rotatable bonds is 2. The largest absolute Gasteiger partial charge is 0.319 e. The highest BCUT2D eigenvalue weighted by Gasteiger charge is 2.34. The Morgan fingerprint density at radius 1 is 1.18 bits per heavy atom. The van der Waals surface area contributed by atoms with E-state index in [0.29, 0.717) is 6.29 Å². The van der Waals surface area contributed by atoms with Crippen LogP contribution in [-0.2, 0) is 16.4 Å². The van der Waals surface area contributed by atoms with E-state index in [1.54, 1.807) is 0 Å². The second-order valence-electron chi connectivity index (χ2n) is 6.92. The molecule has 3 nitrogen and oxygen atoms in total. The zero-order valence-electron chi connectivity index (χ0n) is 12.2. The van der Waals surface area contributed by atoms with Gasteiger partial charge in [-0.1, -0.05) is 20.8 Å². The van der Waals surface area contributed by atoms with Crippen molar-refractivity contribution in [1.29, 1.82) is 0 Å². The first-order chi connectivity index (χ1) is 7.43. The van der Waals surface area contributed by atoms with Gasteiger partial charge in [-0.3, -0.25) is 0 Å². The maximum Gasteiger partial charge on any atom is 0.244 e. The fourth-order valence-electron chi connectivity index (χ4n) is 1.40. The molecule has 1 heterocycles. The summed E-state index contributed by atoms with van der Waals surface area (Å²) in [4.78, 5) is 0. The molecule has 1 rings (SSSR count). The van der Waals surface area contributed by atoms with Crippen molar-refractivity contribution in [2.24, 2.45) is 0 Å². The van der Waals surface area contributed by atoms with Crippen molar-refractivity contribution in [2.45, 2.75) is 58.5 Å². The Hall–Kier alpha value is -0.560. The molecular weight excluding hydrogens is 231 g/mol. The molecule has 0 radical (unpaired) electrons. The summed E-state index contributed by atoms with van der Waals surface area (Å²) >= 11 is 0. The van der Waals surface area contributed by atoms with E-state index >= 15 is 0 Å². The molecule has 1 aromatic heterocycles. The van der Waals surface area contributed by atoms with Gasteiger partial charge >= 0.3 is 0 Å². The van der Waals surface area contributed by atoms with E-state index in [9.17, 15) is 4.57 Å². The Morgan fingerprint density at radius 3 is 2.06 bits per heavy atom. The van der Waals surface area contributed by atoms with Gasteiger partial charge in [0.15, 0.2) is 0 Å². The molecule has 0 saturated heterocycles. The van der Waals surface area contributed by atoms with Crippen LogP contribution < -0.4 is 4.57 Å². The quantitative estimate of drug-likeness (QED) is 0.589. The van der Waals surface area contributed by atoms with E-state index in [1.807, 2.05) is 30.0 Å². The van der Waals surface area contributed by atoms with Gasteiger partial charge in [-0.2, -0.15) is 0 Å². The van der Waals surface area contributed by atoms with Gasteiger partial charge in [0.2, 0.25) is 6.33 Å². The van der Waals surface area contributed by atoms with Crippen LogP contribution in [0.2, 0.25) is 0 Å². The van der Waals surface area contributed by atoms with Crippen molar-refractivity contribution in [1.82, 2.24) is 4.57 Å². The third-order valence-electron chi connectivity index (χ3n) is 3.32. The molecule has 0 aliphatic heterocycles. The minimum Gasteiger partial charge on any atom is -0.319 e. The lowest BCUT2D eigenvalue weighted by Crippen LogP contribution is -2.35. The summed E-state index contributed by atoms with van der Waals surface area (Å²) < 4.78 is 16.8. The molecule has 4 heteroatoms. The molecule has 0 bridgehead atoms. The summed E-state index contributed by atoms with van der Waals surface area (Å²) in [7, 11) is -2.19. The van der Waals surface area contributed by atoms with Crippen LogP contribution in [0.15, 0.2) is 18.7 Å². The van der Waals surface area contributed by atoms with Crippen LogP contribution in [0, 0.1) is 0 Å². The average molecular weight is 257 g/mol. The first-order valence-corrected chi connectivity index (χ1v) is 8.41. The molecule has 17 heavy (non-hydrogen) atoms. The fraction of sp³-hybridized carbons (Fsp3) is 0.769. The van der Waals surface area contributed by atoms with E-state index in [2.05, 4.69) is 46.1 Å². The molecule has 0 unspecified atom stereocenters. The molecule has 0 spiro atoms. The first kappa shape index (κ1) is 14.5. The van der Waals surface area contributed by atoms with Crippen molar-refractivity contribution in [3.63, 3.8) is 0 Å². The molecular formula is C13H26N2OP+. The van der Waals surface area contributed by atoms with Crippen molar-refractivity contribution in [3.8, 4) is 0 Å². The Bertz CT molecular complexity index is 435. The Morgan fingerprint density at radius 2 is 1.71 bits per heavy atom. The van der Waals surface area contributed by atoms with E-state index in [0.717, 1.165) is 0 Å². The zero-order chi connectivity index (χ0) is 13.5. The maximum atomic E-state index is 12.6. The molecule has 0 aliphatic rings. The molecule has 0 aromatic carbocycles. The van der Waals surface area contributed by atoms with Crippen LogP contribution in [0.1, 0.15) is 41.5 Å². The lowest BCUT2D eigenvalue weighted by atomic mass is 10.1. The molecule has 0 fully saturated rings. The summed E-state index contributed by atoms with van der Waals surface area (Å²) in [6.07, 6.45) is 6.71. The first-order valence-electron chi connectivity index (χ1n) is 6.08. The molecule has 0 aliphatic carbocycles. The van der Waals surface area contributed by atoms with Crippen molar-refractivity contribution in [3.05, 3.63) is 18.7 Å². The predicted molar refractivity (Wildman–Crippen MR) is 72.9 cm³/mol. The maximum absolute atomic E-state index is 12.6. The van der Waals surface area contributed by atoms with Crippen LogP contribution in [-0.4, -0.2) is 16.4 Å². The van der Waals surface area contributed by atoms with Crippen LogP contribution in [0.5, 0.6) is 0 Å². The molecule has 0 amide bonds. The minimum absolute atomic E-state index is 0.0741. The third-order valence-corrected chi connectivity index (χ3v) is 7.02. The Balaban J connectivity index is 2.92. The monoisotopic (exact) mass is 257 g/mol. The second kappa shape index (κ2) is 4.28. The van der Waals surface area contributed by atoms with E-state index in [1.165, 1.54) is 0 Å². The van der Waals surface area contributed by atoms with Gasteiger partial charge in [-0.05, 0) is 27.4 Å². The smallest absolute Gasteiger partial charge is 0.244 e. The summed E-state index contributed by atoms with van der Waals surface area (Å²) in [5.74, 6) is 0. The van der Waals surface area contributed by atoms with Crippen LogP contribution in [0.4, 0.5) is 0 Å². The topological polar surface area (TPSA) is 25.9 Å². The standard InChI is InChI=1S/C13H26N2OP/c1-12(2,3)15-9-8-14(10-15)11-17(7,16)13(4,5)6/h8-10H,11H2,1-7H3/q+1/t17-/m1/s1. The van der Waals surface area contributed by atoms with Crippen molar-refractivity contribution < 1.29 is 9.13 Å². The number of hydrogen-bond donors (Lipinski definition) is 0. The molecule has 98 valence electrons. The van der Waals surface area contributed by atoms with Gasteiger partial charge in [0.1, 0.15) is 31.4 Å². The second-order valence-corrected chi connectivity index (χ2v) is 10.7. The van der Waals surface area contributed by atoms with Gasteiger partial charge in [0, 0.05) is 5.16 Å². The summed E-state index contributed by atoms with van der Waals surface area (Å²) in [6.45, 7) is 14.5.